The molecule has 1 amide bonds. The SMILES string of the molecule is Cc1cccc(C)c1NC(=O)CSc1nnc(Cc2cccc3ccccc23)n1C. The Hall–Kier alpha value is -3.12. The van der Waals surface area contributed by atoms with Gasteiger partial charge in [0, 0.05) is 19.2 Å². The van der Waals surface area contributed by atoms with Crippen LogP contribution in [0.5, 0.6) is 0 Å². The maximum absolute atomic E-state index is 12.5. The number of aromatic nitrogens is 3. The molecular weight excluding hydrogens is 392 g/mol. The minimum absolute atomic E-state index is 0.0454. The van der Waals surface area contributed by atoms with Gasteiger partial charge in [-0.25, -0.2) is 0 Å². The molecule has 0 aliphatic carbocycles. The van der Waals surface area contributed by atoms with Crippen molar-refractivity contribution in [3.63, 3.8) is 0 Å². The number of amides is 1. The number of fused-ring (bicyclic) bond motifs is 1. The number of thioether (sulfide) groups is 1. The molecule has 1 N–H and O–H groups in total. The zero-order valence-electron chi connectivity index (χ0n) is 17.3. The number of anilines is 1. The summed E-state index contributed by atoms with van der Waals surface area (Å²) in [6.07, 6.45) is 0.694. The second-order valence-corrected chi connectivity index (χ2v) is 8.32. The summed E-state index contributed by atoms with van der Waals surface area (Å²) < 4.78 is 1.97. The molecule has 0 fully saturated rings. The number of carbonyl (C=O) groups is 1. The Labute approximate surface area is 180 Å². The second kappa shape index (κ2) is 8.71. The Morgan fingerprint density at radius 1 is 0.967 bits per heavy atom. The number of aryl methyl sites for hydroxylation is 2. The molecule has 0 aliphatic heterocycles. The Bertz CT molecular complexity index is 1190. The van der Waals surface area contributed by atoms with Crippen LogP contribution in [0.4, 0.5) is 5.69 Å². The van der Waals surface area contributed by atoms with Gasteiger partial charge in [-0.05, 0) is 41.3 Å². The molecule has 0 saturated carbocycles. The summed E-state index contributed by atoms with van der Waals surface area (Å²) in [6.45, 7) is 4.00. The fourth-order valence-electron chi connectivity index (χ4n) is 3.56. The van der Waals surface area contributed by atoms with E-state index >= 15 is 0 Å². The largest absolute Gasteiger partial charge is 0.325 e. The summed E-state index contributed by atoms with van der Waals surface area (Å²) >= 11 is 1.40. The van der Waals surface area contributed by atoms with E-state index in [1.807, 2.05) is 49.7 Å². The lowest BCUT2D eigenvalue weighted by Crippen LogP contribution is -2.16. The smallest absolute Gasteiger partial charge is 0.234 e. The first-order valence-corrected chi connectivity index (χ1v) is 10.9. The molecule has 0 atom stereocenters. The van der Waals surface area contributed by atoms with Crippen molar-refractivity contribution < 1.29 is 4.79 Å². The zero-order valence-corrected chi connectivity index (χ0v) is 18.2. The Morgan fingerprint density at radius 3 is 2.47 bits per heavy atom. The first-order valence-electron chi connectivity index (χ1n) is 9.86. The lowest BCUT2D eigenvalue weighted by atomic mass is 10.0. The van der Waals surface area contributed by atoms with Crippen molar-refractivity contribution in [2.75, 3.05) is 11.1 Å². The van der Waals surface area contributed by atoms with Crippen molar-refractivity contribution in [3.05, 3.63) is 83.2 Å². The van der Waals surface area contributed by atoms with Crippen LogP contribution in [0.1, 0.15) is 22.5 Å². The molecule has 5 nitrogen and oxygen atoms in total. The van der Waals surface area contributed by atoms with Crippen LogP contribution in [0.3, 0.4) is 0 Å². The van der Waals surface area contributed by atoms with Gasteiger partial charge in [0.15, 0.2) is 5.16 Å². The van der Waals surface area contributed by atoms with Crippen molar-refractivity contribution in [2.24, 2.45) is 7.05 Å². The molecule has 1 aromatic heterocycles. The Kier molecular flexibility index (Phi) is 5.86. The van der Waals surface area contributed by atoms with E-state index in [0.717, 1.165) is 27.8 Å². The number of para-hydroxylation sites is 1. The molecule has 0 unspecified atom stereocenters. The summed E-state index contributed by atoms with van der Waals surface area (Å²) in [5, 5.41) is 14.9. The van der Waals surface area contributed by atoms with E-state index in [1.165, 1.54) is 28.1 Å². The number of hydrogen-bond acceptors (Lipinski definition) is 4. The lowest BCUT2D eigenvalue weighted by molar-refractivity contribution is -0.113. The van der Waals surface area contributed by atoms with Crippen LogP contribution in [0.2, 0.25) is 0 Å². The van der Waals surface area contributed by atoms with Crippen molar-refractivity contribution >= 4 is 34.1 Å². The third-order valence-corrected chi connectivity index (χ3v) is 6.25. The van der Waals surface area contributed by atoms with Gasteiger partial charge in [0.25, 0.3) is 0 Å². The highest BCUT2D eigenvalue weighted by Gasteiger charge is 2.14. The molecule has 152 valence electrons. The highest BCUT2D eigenvalue weighted by atomic mass is 32.2. The minimum atomic E-state index is -0.0454. The van der Waals surface area contributed by atoms with E-state index < -0.39 is 0 Å². The van der Waals surface area contributed by atoms with Gasteiger partial charge in [0.2, 0.25) is 5.91 Å². The molecule has 6 heteroatoms. The molecule has 4 aromatic rings. The van der Waals surface area contributed by atoms with Gasteiger partial charge in [-0.15, -0.1) is 10.2 Å². The summed E-state index contributed by atoms with van der Waals surface area (Å²) in [5.74, 6) is 1.12. The van der Waals surface area contributed by atoms with Crippen LogP contribution in [0, 0.1) is 13.8 Å². The first-order chi connectivity index (χ1) is 14.5. The molecule has 1 heterocycles. The standard InChI is InChI=1S/C24H24N4OS/c1-16-8-6-9-17(2)23(16)25-22(29)15-30-24-27-26-21(28(24)3)14-19-12-7-11-18-10-4-5-13-20(18)19/h4-13H,14-15H2,1-3H3,(H,25,29). The number of carbonyl (C=O) groups excluding carboxylic acids is 1. The third kappa shape index (κ3) is 4.24. The molecule has 0 spiro atoms. The molecule has 30 heavy (non-hydrogen) atoms. The van der Waals surface area contributed by atoms with Gasteiger partial charge in [0.1, 0.15) is 5.82 Å². The fourth-order valence-corrected chi connectivity index (χ4v) is 4.29. The van der Waals surface area contributed by atoms with Crippen LogP contribution >= 0.6 is 11.8 Å². The number of nitrogens with zero attached hydrogens (tertiary/aromatic N) is 3. The van der Waals surface area contributed by atoms with Crippen LogP contribution in [-0.2, 0) is 18.3 Å². The van der Waals surface area contributed by atoms with Gasteiger partial charge < -0.3 is 9.88 Å². The zero-order chi connectivity index (χ0) is 21.1. The number of benzene rings is 3. The molecule has 3 aromatic carbocycles. The summed E-state index contributed by atoms with van der Waals surface area (Å²) in [5.41, 5.74) is 4.22. The van der Waals surface area contributed by atoms with Crippen molar-refractivity contribution in [1.82, 2.24) is 14.8 Å². The highest BCUT2D eigenvalue weighted by molar-refractivity contribution is 7.99. The van der Waals surface area contributed by atoms with Gasteiger partial charge in [-0.2, -0.15) is 0 Å². The maximum Gasteiger partial charge on any atom is 0.234 e. The van der Waals surface area contributed by atoms with Gasteiger partial charge >= 0.3 is 0 Å². The molecule has 4 rings (SSSR count). The summed E-state index contributed by atoms with van der Waals surface area (Å²) in [7, 11) is 1.95. The maximum atomic E-state index is 12.5. The average Bonchev–Trinajstić information content (AvgIpc) is 3.09. The van der Waals surface area contributed by atoms with E-state index in [0.29, 0.717) is 6.42 Å². The number of rotatable bonds is 6. The van der Waals surface area contributed by atoms with Crippen LogP contribution < -0.4 is 5.32 Å². The summed E-state index contributed by atoms with van der Waals surface area (Å²) in [6, 6.07) is 20.7. The Balaban J connectivity index is 1.44. The van der Waals surface area contributed by atoms with Crippen LogP contribution in [-0.4, -0.2) is 26.4 Å². The van der Waals surface area contributed by atoms with E-state index in [-0.39, 0.29) is 11.7 Å². The first kappa shape index (κ1) is 20.2. The van der Waals surface area contributed by atoms with Crippen LogP contribution in [0.25, 0.3) is 10.8 Å². The quantitative estimate of drug-likeness (QED) is 0.454. The van der Waals surface area contributed by atoms with Crippen LogP contribution in [0.15, 0.2) is 65.8 Å². The van der Waals surface area contributed by atoms with Gasteiger partial charge in [0.05, 0.1) is 5.75 Å². The molecule has 0 bridgehead atoms. The predicted molar refractivity (Wildman–Crippen MR) is 123 cm³/mol. The van der Waals surface area contributed by atoms with Crippen molar-refractivity contribution in [2.45, 2.75) is 25.4 Å². The van der Waals surface area contributed by atoms with E-state index in [9.17, 15) is 4.79 Å². The third-order valence-electron chi connectivity index (χ3n) is 5.23. The van der Waals surface area contributed by atoms with Crippen molar-refractivity contribution in [3.8, 4) is 0 Å². The van der Waals surface area contributed by atoms with Gasteiger partial charge in [-0.3, -0.25) is 4.79 Å². The number of hydrogen-bond donors (Lipinski definition) is 1. The minimum Gasteiger partial charge on any atom is -0.325 e. The lowest BCUT2D eigenvalue weighted by Gasteiger charge is -2.11. The van der Waals surface area contributed by atoms with E-state index in [1.54, 1.807) is 0 Å². The topological polar surface area (TPSA) is 59.8 Å². The predicted octanol–water partition coefficient (Wildman–Crippen LogP) is 4.91. The van der Waals surface area contributed by atoms with E-state index in [4.69, 9.17) is 0 Å². The van der Waals surface area contributed by atoms with Gasteiger partial charge in [-0.1, -0.05) is 72.4 Å². The fraction of sp³-hybridized carbons (Fsp3) is 0.208. The molecule has 0 aliphatic rings. The van der Waals surface area contributed by atoms with E-state index in [2.05, 4.69) is 51.9 Å². The molecule has 0 radical (unpaired) electrons. The van der Waals surface area contributed by atoms with Crippen molar-refractivity contribution in [1.29, 1.82) is 0 Å². The number of nitrogens with one attached hydrogen (secondary N) is 1. The highest BCUT2D eigenvalue weighted by Crippen LogP contribution is 2.24. The molecular formula is C24H24N4OS. The average molecular weight is 417 g/mol. The second-order valence-electron chi connectivity index (χ2n) is 7.38. The summed E-state index contributed by atoms with van der Waals surface area (Å²) in [4.78, 5) is 12.5. The Morgan fingerprint density at radius 2 is 1.67 bits per heavy atom. The normalized spacial score (nSPS) is 11.0. The monoisotopic (exact) mass is 416 g/mol. The molecule has 0 saturated heterocycles.